The normalized spacial score (nSPS) is 18.9. The van der Waals surface area contributed by atoms with Gasteiger partial charge in [0.1, 0.15) is 0 Å². The highest BCUT2D eigenvalue weighted by Crippen LogP contribution is 2.16. The van der Waals surface area contributed by atoms with Crippen LogP contribution in [0.15, 0.2) is 65.7 Å². The second-order valence-corrected chi connectivity index (χ2v) is 5.41. The summed E-state index contributed by atoms with van der Waals surface area (Å²) in [5.41, 5.74) is 3.52. The molecule has 2 aromatic carbocycles. The van der Waals surface area contributed by atoms with Crippen molar-refractivity contribution < 1.29 is 0 Å². The van der Waals surface area contributed by atoms with Gasteiger partial charge in [-0.3, -0.25) is 4.99 Å². The van der Waals surface area contributed by atoms with E-state index in [4.69, 9.17) is 4.99 Å². The second kappa shape index (κ2) is 6.02. The Morgan fingerprint density at radius 3 is 1.95 bits per heavy atom. The van der Waals surface area contributed by atoms with Gasteiger partial charge in [-0.05, 0) is 20.0 Å². The van der Waals surface area contributed by atoms with Gasteiger partial charge in [-0.25, -0.2) is 0 Å². The van der Waals surface area contributed by atoms with E-state index >= 15 is 0 Å². The van der Waals surface area contributed by atoms with Gasteiger partial charge in [0.2, 0.25) is 0 Å². The number of hydrogen-bond donors (Lipinski definition) is 0. The minimum atomic E-state index is 0.412. The SMILES string of the molecule is CN1CCC(N=C(c2ccccc2)c2ccccc2)C1. The first kappa shape index (κ1) is 13.1. The Labute approximate surface area is 120 Å². The van der Waals surface area contributed by atoms with Crippen LogP contribution in [-0.4, -0.2) is 36.8 Å². The Kier molecular flexibility index (Phi) is 3.93. The Balaban J connectivity index is 1.98. The monoisotopic (exact) mass is 264 g/mol. The third-order valence-electron chi connectivity index (χ3n) is 3.77. The average molecular weight is 264 g/mol. The zero-order valence-corrected chi connectivity index (χ0v) is 11.9. The van der Waals surface area contributed by atoms with Gasteiger partial charge in [-0.2, -0.15) is 0 Å². The summed E-state index contributed by atoms with van der Waals surface area (Å²) in [4.78, 5) is 7.39. The maximum Gasteiger partial charge on any atom is 0.0722 e. The smallest absolute Gasteiger partial charge is 0.0722 e. The predicted octanol–water partition coefficient (Wildman–Crippen LogP) is 3.23. The van der Waals surface area contributed by atoms with Crippen molar-refractivity contribution in [3.8, 4) is 0 Å². The molecular formula is C18H20N2. The molecule has 1 aliphatic heterocycles. The lowest BCUT2D eigenvalue weighted by Crippen LogP contribution is -2.17. The average Bonchev–Trinajstić information content (AvgIpc) is 2.92. The van der Waals surface area contributed by atoms with Crippen LogP contribution in [0.2, 0.25) is 0 Å². The molecule has 0 N–H and O–H groups in total. The van der Waals surface area contributed by atoms with Crippen molar-refractivity contribution in [1.82, 2.24) is 4.90 Å². The lowest BCUT2D eigenvalue weighted by atomic mass is 10.0. The van der Waals surface area contributed by atoms with Crippen LogP contribution in [-0.2, 0) is 0 Å². The third kappa shape index (κ3) is 2.97. The number of likely N-dealkylation sites (N-methyl/N-ethyl adjacent to an activating group) is 1. The highest BCUT2D eigenvalue weighted by molar-refractivity contribution is 6.12. The lowest BCUT2D eigenvalue weighted by Gasteiger charge is -2.11. The van der Waals surface area contributed by atoms with E-state index in [0.29, 0.717) is 6.04 Å². The molecular weight excluding hydrogens is 244 g/mol. The number of aliphatic imine (C=N–C) groups is 1. The zero-order valence-electron chi connectivity index (χ0n) is 11.9. The highest BCUT2D eigenvalue weighted by Gasteiger charge is 2.19. The highest BCUT2D eigenvalue weighted by atomic mass is 15.1. The second-order valence-electron chi connectivity index (χ2n) is 5.41. The number of nitrogens with zero attached hydrogens (tertiary/aromatic N) is 2. The molecule has 0 bridgehead atoms. The summed E-state index contributed by atoms with van der Waals surface area (Å²) >= 11 is 0. The number of benzene rings is 2. The van der Waals surface area contributed by atoms with Crippen LogP contribution in [0.1, 0.15) is 17.5 Å². The van der Waals surface area contributed by atoms with Crippen molar-refractivity contribution in [3.63, 3.8) is 0 Å². The maximum atomic E-state index is 5.04. The largest absolute Gasteiger partial charge is 0.304 e. The van der Waals surface area contributed by atoms with E-state index in [1.807, 2.05) is 0 Å². The molecule has 0 aromatic heterocycles. The van der Waals surface area contributed by atoms with Crippen LogP contribution in [0, 0.1) is 0 Å². The summed E-state index contributed by atoms with van der Waals surface area (Å²) in [5, 5.41) is 0. The standard InChI is InChI=1S/C18H20N2/c1-20-13-12-17(14-20)19-18(15-8-4-2-5-9-15)16-10-6-3-7-11-16/h2-11,17H,12-14H2,1H3. The summed E-state index contributed by atoms with van der Waals surface area (Å²) in [5.74, 6) is 0. The van der Waals surface area contributed by atoms with Gasteiger partial charge in [0.15, 0.2) is 0 Å². The first-order valence-electron chi connectivity index (χ1n) is 7.20. The van der Waals surface area contributed by atoms with Crippen LogP contribution in [0.5, 0.6) is 0 Å². The van der Waals surface area contributed by atoms with Gasteiger partial charge in [-0.15, -0.1) is 0 Å². The molecule has 0 aliphatic carbocycles. The molecule has 0 saturated carbocycles. The van der Waals surface area contributed by atoms with E-state index in [1.165, 1.54) is 11.1 Å². The Bertz CT molecular complexity index is 533. The first-order valence-corrected chi connectivity index (χ1v) is 7.20. The van der Waals surface area contributed by atoms with Crippen LogP contribution < -0.4 is 0 Å². The molecule has 102 valence electrons. The minimum absolute atomic E-state index is 0.412. The van der Waals surface area contributed by atoms with Crippen LogP contribution in [0.25, 0.3) is 0 Å². The number of likely N-dealkylation sites (tertiary alicyclic amines) is 1. The van der Waals surface area contributed by atoms with Crippen molar-refractivity contribution in [2.45, 2.75) is 12.5 Å². The Morgan fingerprint density at radius 1 is 0.950 bits per heavy atom. The molecule has 1 heterocycles. The Hall–Kier alpha value is -1.93. The maximum absolute atomic E-state index is 5.04. The lowest BCUT2D eigenvalue weighted by molar-refractivity contribution is 0.411. The van der Waals surface area contributed by atoms with E-state index in [0.717, 1.165) is 25.2 Å². The van der Waals surface area contributed by atoms with E-state index in [-0.39, 0.29) is 0 Å². The molecule has 3 rings (SSSR count). The summed E-state index contributed by atoms with van der Waals surface area (Å²) in [6, 6.07) is 21.4. The molecule has 0 radical (unpaired) electrons. The van der Waals surface area contributed by atoms with Crippen molar-refractivity contribution in [2.24, 2.45) is 4.99 Å². The molecule has 20 heavy (non-hydrogen) atoms. The molecule has 1 unspecified atom stereocenters. The molecule has 2 aromatic rings. The summed E-state index contributed by atoms with van der Waals surface area (Å²) in [6.45, 7) is 2.20. The molecule has 0 amide bonds. The van der Waals surface area contributed by atoms with Gasteiger partial charge >= 0.3 is 0 Å². The topological polar surface area (TPSA) is 15.6 Å². The fraction of sp³-hybridized carbons (Fsp3) is 0.278. The fourth-order valence-electron chi connectivity index (χ4n) is 2.71. The molecule has 1 aliphatic rings. The molecule has 1 atom stereocenters. The molecule has 2 heteroatoms. The molecule has 0 spiro atoms. The van der Waals surface area contributed by atoms with Crippen LogP contribution in [0.4, 0.5) is 0 Å². The van der Waals surface area contributed by atoms with Crippen molar-refractivity contribution in [3.05, 3.63) is 71.8 Å². The number of rotatable bonds is 3. The van der Waals surface area contributed by atoms with E-state index in [2.05, 4.69) is 72.6 Å². The van der Waals surface area contributed by atoms with E-state index in [9.17, 15) is 0 Å². The van der Waals surface area contributed by atoms with Crippen molar-refractivity contribution in [2.75, 3.05) is 20.1 Å². The van der Waals surface area contributed by atoms with Crippen LogP contribution in [0.3, 0.4) is 0 Å². The third-order valence-corrected chi connectivity index (χ3v) is 3.77. The van der Waals surface area contributed by atoms with Crippen LogP contribution >= 0.6 is 0 Å². The minimum Gasteiger partial charge on any atom is -0.304 e. The van der Waals surface area contributed by atoms with Gasteiger partial charge in [0, 0.05) is 17.7 Å². The first-order chi connectivity index (χ1) is 9.83. The van der Waals surface area contributed by atoms with E-state index < -0.39 is 0 Å². The quantitative estimate of drug-likeness (QED) is 0.777. The van der Waals surface area contributed by atoms with Crippen molar-refractivity contribution in [1.29, 1.82) is 0 Å². The molecule has 1 saturated heterocycles. The summed E-state index contributed by atoms with van der Waals surface area (Å²) in [6.07, 6.45) is 1.15. The molecule has 1 fully saturated rings. The summed E-state index contributed by atoms with van der Waals surface area (Å²) < 4.78 is 0. The van der Waals surface area contributed by atoms with Gasteiger partial charge < -0.3 is 4.90 Å². The zero-order chi connectivity index (χ0) is 13.8. The summed E-state index contributed by atoms with van der Waals surface area (Å²) in [7, 11) is 2.17. The molecule has 2 nitrogen and oxygen atoms in total. The van der Waals surface area contributed by atoms with E-state index in [1.54, 1.807) is 0 Å². The van der Waals surface area contributed by atoms with Gasteiger partial charge in [0.25, 0.3) is 0 Å². The Morgan fingerprint density at radius 2 is 1.50 bits per heavy atom. The van der Waals surface area contributed by atoms with Gasteiger partial charge in [0.05, 0.1) is 11.8 Å². The number of hydrogen-bond acceptors (Lipinski definition) is 2. The van der Waals surface area contributed by atoms with Crippen molar-refractivity contribution >= 4 is 5.71 Å². The fourth-order valence-corrected chi connectivity index (χ4v) is 2.71. The predicted molar refractivity (Wildman–Crippen MR) is 84.4 cm³/mol. The van der Waals surface area contributed by atoms with Gasteiger partial charge in [-0.1, -0.05) is 60.7 Å².